The third kappa shape index (κ3) is 3.36. The molecule has 6 heteroatoms. The minimum Gasteiger partial charge on any atom is -0.354 e. The second-order valence-corrected chi connectivity index (χ2v) is 4.68. The van der Waals surface area contributed by atoms with Gasteiger partial charge >= 0.3 is 6.03 Å². The molecule has 3 aromatic rings. The van der Waals surface area contributed by atoms with E-state index in [0.29, 0.717) is 17.0 Å². The standard InChI is InChI=1S/C17H12N4O2/c18-11-13-8-4-5-9-14(13)19-17(22)20-16-10-15(23-21-16)12-6-2-1-3-7-12/h1-10H,(H2,19,20,21,22). The summed E-state index contributed by atoms with van der Waals surface area (Å²) in [6.45, 7) is 0. The maximum Gasteiger partial charge on any atom is 0.324 e. The molecule has 6 nitrogen and oxygen atoms in total. The molecule has 0 radical (unpaired) electrons. The van der Waals surface area contributed by atoms with E-state index in [1.807, 2.05) is 36.4 Å². The van der Waals surface area contributed by atoms with Crippen molar-refractivity contribution in [3.8, 4) is 17.4 Å². The zero-order valence-electron chi connectivity index (χ0n) is 12.0. The van der Waals surface area contributed by atoms with E-state index in [1.54, 1.807) is 30.3 Å². The molecule has 2 aromatic carbocycles. The van der Waals surface area contributed by atoms with Gasteiger partial charge in [-0.15, -0.1) is 0 Å². The van der Waals surface area contributed by atoms with Crippen molar-refractivity contribution in [3.05, 3.63) is 66.2 Å². The van der Waals surface area contributed by atoms with E-state index >= 15 is 0 Å². The number of nitrogens with one attached hydrogen (secondary N) is 2. The Hall–Kier alpha value is -3.59. The molecule has 1 aromatic heterocycles. The van der Waals surface area contributed by atoms with Crippen LogP contribution in [0.15, 0.2) is 65.2 Å². The van der Waals surface area contributed by atoms with Crippen molar-refractivity contribution in [1.29, 1.82) is 5.26 Å². The smallest absolute Gasteiger partial charge is 0.324 e. The van der Waals surface area contributed by atoms with Gasteiger partial charge in [-0.2, -0.15) is 5.26 Å². The highest BCUT2D eigenvalue weighted by Crippen LogP contribution is 2.22. The Morgan fingerprint density at radius 3 is 2.57 bits per heavy atom. The predicted molar refractivity (Wildman–Crippen MR) is 85.7 cm³/mol. The Morgan fingerprint density at radius 2 is 1.78 bits per heavy atom. The minimum absolute atomic E-state index is 0.288. The Bertz CT molecular complexity index is 866. The molecule has 0 fully saturated rings. The van der Waals surface area contributed by atoms with Gasteiger partial charge in [-0.05, 0) is 12.1 Å². The second-order valence-electron chi connectivity index (χ2n) is 4.68. The van der Waals surface area contributed by atoms with Gasteiger partial charge in [0, 0.05) is 11.6 Å². The number of carbonyl (C=O) groups excluding carboxylic acids is 1. The number of hydrogen-bond acceptors (Lipinski definition) is 4. The summed E-state index contributed by atoms with van der Waals surface area (Å²) < 4.78 is 5.20. The number of urea groups is 1. The van der Waals surface area contributed by atoms with Gasteiger partial charge in [0.1, 0.15) is 6.07 Å². The zero-order chi connectivity index (χ0) is 16.1. The van der Waals surface area contributed by atoms with Gasteiger partial charge in [0.25, 0.3) is 0 Å². The molecule has 2 amide bonds. The largest absolute Gasteiger partial charge is 0.354 e. The van der Waals surface area contributed by atoms with E-state index in [4.69, 9.17) is 9.78 Å². The van der Waals surface area contributed by atoms with Crippen LogP contribution in [0, 0.1) is 11.3 Å². The molecule has 3 rings (SSSR count). The summed E-state index contributed by atoms with van der Waals surface area (Å²) in [5.41, 5.74) is 1.68. The van der Waals surface area contributed by atoms with Crippen LogP contribution in [0.5, 0.6) is 0 Å². The summed E-state index contributed by atoms with van der Waals surface area (Å²) >= 11 is 0. The maximum atomic E-state index is 12.0. The molecule has 112 valence electrons. The number of nitrogens with zero attached hydrogens (tertiary/aromatic N) is 2. The highest BCUT2D eigenvalue weighted by atomic mass is 16.5. The number of para-hydroxylation sites is 1. The average Bonchev–Trinajstić information content (AvgIpc) is 3.04. The fraction of sp³-hybridized carbons (Fsp3) is 0. The van der Waals surface area contributed by atoms with Crippen molar-refractivity contribution in [3.63, 3.8) is 0 Å². The molecule has 1 heterocycles. The quantitative estimate of drug-likeness (QED) is 0.768. The molecule has 0 aliphatic rings. The molecule has 0 saturated carbocycles. The number of anilines is 2. The van der Waals surface area contributed by atoms with Gasteiger partial charge in [0.2, 0.25) is 0 Å². The fourth-order valence-electron chi connectivity index (χ4n) is 2.03. The molecule has 0 saturated heterocycles. The lowest BCUT2D eigenvalue weighted by molar-refractivity contribution is 0.262. The first-order chi connectivity index (χ1) is 11.3. The lowest BCUT2D eigenvalue weighted by Gasteiger charge is -2.06. The van der Waals surface area contributed by atoms with Crippen LogP contribution in [0.25, 0.3) is 11.3 Å². The van der Waals surface area contributed by atoms with Crippen LogP contribution in [-0.2, 0) is 0 Å². The monoisotopic (exact) mass is 304 g/mol. The van der Waals surface area contributed by atoms with Crippen molar-refractivity contribution >= 4 is 17.5 Å². The van der Waals surface area contributed by atoms with E-state index in [-0.39, 0.29) is 5.82 Å². The number of nitriles is 1. The van der Waals surface area contributed by atoms with Crippen molar-refractivity contribution in [1.82, 2.24) is 5.16 Å². The van der Waals surface area contributed by atoms with Gasteiger partial charge in [0.05, 0.1) is 11.3 Å². The molecule has 0 aliphatic heterocycles. The van der Waals surface area contributed by atoms with Gasteiger partial charge in [-0.1, -0.05) is 47.6 Å². The molecular formula is C17H12N4O2. The molecular weight excluding hydrogens is 292 g/mol. The summed E-state index contributed by atoms with van der Waals surface area (Å²) in [5, 5.41) is 18.0. The van der Waals surface area contributed by atoms with Crippen LogP contribution < -0.4 is 10.6 Å². The molecule has 0 atom stereocenters. The Balaban J connectivity index is 1.69. The Kier molecular flexibility index (Phi) is 4.03. The van der Waals surface area contributed by atoms with Crippen molar-refractivity contribution < 1.29 is 9.32 Å². The summed E-state index contributed by atoms with van der Waals surface area (Å²) in [7, 11) is 0. The first kappa shape index (κ1) is 14.4. The van der Waals surface area contributed by atoms with Crippen LogP contribution >= 0.6 is 0 Å². The van der Waals surface area contributed by atoms with E-state index in [2.05, 4.69) is 15.8 Å². The third-order valence-corrected chi connectivity index (χ3v) is 3.11. The summed E-state index contributed by atoms with van der Waals surface area (Å²) in [6, 6.07) is 19.3. The number of rotatable bonds is 3. The number of amides is 2. The van der Waals surface area contributed by atoms with Crippen molar-refractivity contribution in [2.24, 2.45) is 0 Å². The lowest BCUT2D eigenvalue weighted by Crippen LogP contribution is -2.20. The van der Waals surface area contributed by atoms with E-state index in [0.717, 1.165) is 5.56 Å². The van der Waals surface area contributed by atoms with Crippen LogP contribution in [-0.4, -0.2) is 11.2 Å². The average molecular weight is 304 g/mol. The summed E-state index contributed by atoms with van der Waals surface area (Å²) in [4.78, 5) is 12.0. The highest BCUT2D eigenvalue weighted by molar-refractivity contribution is 6.00. The highest BCUT2D eigenvalue weighted by Gasteiger charge is 2.10. The molecule has 2 N–H and O–H groups in total. The molecule has 23 heavy (non-hydrogen) atoms. The molecule has 0 unspecified atom stereocenters. The predicted octanol–water partition coefficient (Wildman–Crippen LogP) is 3.86. The molecule has 0 spiro atoms. The van der Waals surface area contributed by atoms with E-state index < -0.39 is 6.03 Å². The van der Waals surface area contributed by atoms with Gasteiger partial charge < -0.3 is 9.84 Å². The van der Waals surface area contributed by atoms with E-state index in [1.165, 1.54) is 0 Å². The van der Waals surface area contributed by atoms with Crippen molar-refractivity contribution in [2.45, 2.75) is 0 Å². The fourth-order valence-corrected chi connectivity index (χ4v) is 2.03. The lowest BCUT2D eigenvalue weighted by atomic mass is 10.2. The van der Waals surface area contributed by atoms with Gasteiger partial charge in [-0.25, -0.2) is 4.79 Å². The summed E-state index contributed by atoms with van der Waals surface area (Å²) in [6.07, 6.45) is 0. The number of hydrogen-bond donors (Lipinski definition) is 2. The minimum atomic E-state index is -0.499. The molecule has 0 aliphatic carbocycles. The molecule has 0 bridgehead atoms. The first-order valence-corrected chi connectivity index (χ1v) is 6.85. The Labute approximate surface area is 132 Å². The van der Waals surface area contributed by atoms with Crippen LogP contribution in [0.1, 0.15) is 5.56 Å². The van der Waals surface area contributed by atoms with Crippen LogP contribution in [0.4, 0.5) is 16.3 Å². The maximum absolute atomic E-state index is 12.0. The van der Waals surface area contributed by atoms with Gasteiger partial charge in [-0.3, -0.25) is 5.32 Å². The Morgan fingerprint density at radius 1 is 1.04 bits per heavy atom. The first-order valence-electron chi connectivity index (χ1n) is 6.85. The summed E-state index contributed by atoms with van der Waals surface area (Å²) in [5.74, 6) is 0.842. The zero-order valence-corrected chi connectivity index (χ0v) is 12.0. The van der Waals surface area contributed by atoms with Crippen LogP contribution in [0.3, 0.4) is 0 Å². The number of carbonyl (C=O) groups is 1. The topological polar surface area (TPSA) is 91.0 Å². The normalized spacial score (nSPS) is 9.87. The third-order valence-electron chi connectivity index (χ3n) is 3.11. The SMILES string of the molecule is N#Cc1ccccc1NC(=O)Nc1cc(-c2ccccc2)on1. The number of benzene rings is 2. The number of aromatic nitrogens is 1. The second kappa shape index (κ2) is 6.45. The van der Waals surface area contributed by atoms with Crippen molar-refractivity contribution in [2.75, 3.05) is 10.6 Å². The van der Waals surface area contributed by atoms with E-state index in [9.17, 15) is 4.79 Å². The van der Waals surface area contributed by atoms with Crippen LogP contribution in [0.2, 0.25) is 0 Å². The van der Waals surface area contributed by atoms with Gasteiger partial charge in [0.15, 0.2) is 11.6 Å².